The minimum absolute atomic E-state index is 0.0772. The first-order chi connectivity index (χ1) is 8.51. The van der Waals surface area contributed by atoms with Crippen LogP contribution in [0.3, 0.4) is 0 Å². The molecule has 0 bridgehead atoms. The van der Waals surface area contributed by atoms with Gasteiger partial charge in [-0.25, -0.2) is 18.1 Å². The van der Waals surface area contributed by atoms with Gasteiger partial charge in [-0.3, -0.25) is 0 Å². The van der Waals surface area contributed by atoms with Gasteiger partial charge in [0.25, 0.3) is 0 Å². The molecule has 0 aliphatic rings. The summed E-state index contributed by atoms with van der Waals surface area (Å²) in [6.07, 6.45) is 1.39. The molecule has 0 saturated carbocycles. The third kappa shape index (κ3) is 3.77. The van der Waals surface area contributed by atoms with Crippen LogP contribution in [0, 0.1) is 11.3 Å². The molecule has 0 aromatic carbocycles. The van der Waals surface area contributed by atoms with Gasteiger partial charge in [0.2, 0.25) is 10.0 Å². The Balaban J connectivity index is 2.78. The number of likely N-dealkylation sites (N-methyl/N-ethyl adjacent to an activating group) is 1. The highest BCUT2D eigenvalue weighted by molar-refractivity contribution is 7.89. The lowest BCUT2D eigenvalue weighted by Crippen LogP contribution is -2.33. The average molecular weight is 268 g/mol. The van der Waals surface area contributed by atoms with Gasteiger partial charge in [0.05, 0.1) is 0 Å². The second kappa shape index (κ2) is 6.44. The number of rotatable bonds is 6. The van der Waals surface area contributed by atoms with Gasteiger partial charge < -0.3 is 4.90 Å². The molecule has 0 unspecified atom stereocenters. The summed E-state index contributed by atoms with van der Waals surface area (Å²) in [6, 6.07) is 4.64. The van der Waals surface area contributed by atoms with E-state index >= 15 is 0 Å². The van der Waals surface area contributed by atoms with Gasteiger partial charge >= 0.3 is 0 Å². The molecule has 0 aliphatic carbocycles. The van der Waals surface area contributed by atoms with Crippen molar-refractivity contribution < 1.29 is 8.42 Å². The predicted octanol–water partition coefficient (Wildman–Crippen LogP) is 0.183. The van der Waals surface area contributed by atoms with Crippen LogP contribution < -0.4 is 4.72 Å². The summed E-state index contributed by atoms with van der Waals surface area (Å²) in [7, 11) is -1.77. The molecule has 1 aromatic heterocycles. The maximum atomic E-state index is 12.0. The van der Waals surface area contributed by atoms with Crippen molar-refractivity contribution in [1.29, 1.82) is 5.26 Å². The highest BCUT2D eigenvalue weighted by Crippen LogP contribution is 2.11. The van der Waals surface area contributed by atoms with Gasteiger partial charge in [-0.15, -0.1) is 0 Å². The molecule has 98 valence electrons. The van der Waals surface area contributed by atoms with Crippen LogP contribution in [-0.2, 0) is 10.0 Å². The van der Waals surface area contributed by atoms with Crippen LogP contribution in [0.5, 0.6) is 0 Å². The fourth-order valence-corrected chi connectivity index (χ4v) is 2.42. The van der Waals surface area contributed by atoms with E-state index in [9.17, 15) is 8.42 Å². The van der Waals surface area contributed by atoms with E-state index in [-0.39, 0.29) is 10.6 Å². The van der Waals surface area contributed by atoms with Crippen LogP contribution in [0.15, 0.2) is 23.2 Å². The third-order valence-corrected chi connectivity index (χ3v) is 3.98. The molecule has 18 heavy (non-hydrogen) atoms. The van der Waals surface area contributed by atoms with E-state index < -0.39 is 10.0 Å². The molecule has 0 spiro atoms. The maximum Gasteiger partial charge on any atom is 0.243 e. The number of hydrogen-bond donors (Lipinski definition) is 1. The van der Waals surface area contributed by atoms with Gasteiger partial charge in [-0.1, -0.05) is 6.92 Å². The fraction of sp³-hybridized carbons (Fsp3) is 0.455. The van der Waals surface area contributed by atoms with E-state index in [2.05, 4.69) is 9.71 Å². The van der Waals surface area contributed by atoms with E-state index in [1.807, 2.05) is 18.9 Å². The minimum Gasteiger partial charge on any atom is -0.305 e. The summed E-state index contributed by atoms with van der Waals surface area (Å²) < 4.78 is 26.4. The summed E-state index contributed by atoms with van der Waals surface area (Å²) in [4.78, 5) is 5.64. The highest BCUT2D eigenvalue weighted by atomic mass is 32.2. The van der Waals surface area contributed by atoms with Crippen LogP contribution >= 0.6 is 0 Å². The van der Waals surface area contributed by atoms with E-state index in [0.29, 0.717) is 13.1 Å². The Morgan fingerprint density at radius 3 is 2.89 bits per heavy atom. The lowest BCUT2D eigenvalue weighted by Gasteiger charge is -2.14. The van der Waals surface area contributed by atoms with Crippen LogP contribution in [0.4, 0.5) is 0 Å². The van der Waals surface area contributed by atoms with Crippen molar-refractivity contribution >= 4 is 10.0 Å². The summed E-state index contributed by atoms with van der Waals surface area (Å²) in [5, 5.41) is 8.82. The van der Waals surface area contributed by atoms with E-state index in [1.165, 1.54) is 18.3 Å². The predicted molar refractivity (Wildman–Crippen MR) is 67.3 cm³/mol. The largest absolute Gasteiger partial charge is 0.305 e. The SMILES string of the molecule is CCN(C)CCNS(=O)(=O)c1cccnc1C#N. The second-order valence-corrected chi connectivity index (χ2v) is 5.49. The quantitative estimate of drug-likeness (QED) is 0.795. The number of nitrogens with zero attached hydrogens (tertiary/aromatic N) is 3. The van der Waals surface area contributed by atoms with Gasteiger partial charge in [0, 0.05) is 19.3 Å². The zero-order valence-corrected chi connectivity index (χ0v) is 11.2. The lowest BCUT2D eigenvalue weighted by atomic mass is 10.4. The molecule has 1 heterocycles. The van der Waals surface area contributed by atoms with Crippen molar-refractivity contribution in [3.05, 3.63) is 24.0 Å². The molecule has 6 nitrogen and oxygen atoms in total. The molecule has 0 aliphatic heterocycles. The summed E-state index contributed by atoms with van der Waals surface area (Å²) >= 11 is 0. The van der Waals surface area contributed by atoms with E-state index in [4.69, 9.17) is 5.26 Å². The fourth-order valence-electron chi connectivity index (χ4n) is 1.30. The molecule has 1 rings (SSSR count). The second-order valence-electron chi connectivity index (χ2n) is 3.76. The van der Waals surface area contributed by atoms with Crippen LogP contribution in [0.2, 0.25) is 0 Å². The van der Waals surface area contributed by atoms with E-state index in [1.54, 1.807) is 6.07 Å². The molecule has 0 saturated heterocycles. The molecule has 0 fully saturated rings. The number of sulfonamides is 1. The zero-order valence-electron chi connectivity index (χ0n) is 10.4. The average Bonchev–Trinajstić information content (AvgIpc) is 2.38. The van der Waals surface area contributed by atoms with Gasteiger partial charge in [-0.2, -0.15) is 5.26 Å². The van der Waals surface area contributed by atoms with Crippen molar-refractivity contribution in [3.8, 4) is 6.07 Å². The van der Waals surface area contributed by atoms with Crippen LogP contribution in [0.25, 0.3) is 0 Å². The van der Waals surface area contributed by atoms with Crippen LogP contribution in [-0.4, -0.2) is 45.0 Å². The Kier molecular flexibility index (Phi) is 5.22. The van der Waals surface area contributed by atoms with Gasteiger partial charge in [0.1, 0.15) is 11.0 Å². The Morgan fingerprint density at radius 2 is 2.28 bits per heavy atom. The normalized spacial score (nSPS) is 11.4. The topological polar surface area (TPSA) is 86.1 Å². The molecular formula is C11H16N4O2S. The van der Waals surface area contributed by atoms with Crippen LogP contribution in [0.1, 0.15) is 12.6 Å². The number of nitriles is 1. The number of hydrogen-bond acceptors (Lipinski definition) is 5. The smallest absolute Gasteiger partial charge is 0.243 e. The van der Waals surface area contributed by atoms with Crippen molar-refractivity contribution in [2.75, 3.05) is 26.7 Å². The molecule has 0 radical (unpaired) electrons. The molecule has 0 amide bonds. The summed E-state index contributed by atoms with van der Waals surface area (Å²) in [5.41, 5.74) is -0.0890. The zero-order chi connectivity index (χ0) is 13.6. The summed E-state index contributed by atoms with van der Waals surface area (Å²) in [5.74, 6) is 0. The molecule has 7 heteroatoms. The lowest BCUT2D eigenvalue weighted by molar-refractivity contribution is 0.358. The number of nitrogens with one attached hydrogen (secondary N) is 1. The highest BCUT2D eigenvalue weighted by Gasteiger charge is 2.18. The monoisotopic (exact) mass is 268 g/mol. The first-order valence-electron chi connectivity index (χ1n) is 5.54. The van der Waals surface area contributed by atoms with Gasteiger partial charge in [0.15, 0.2) is 5.69 Å². The van der Waals surface area contributed by atoms with E-state index in [0.717, 1.165) is 6.54 Å². The molecule has 1 aromatic rings. The number of aromatic nitrogens is 1. The van der Waals surface area contributed by atoms with Crippen molar-refractivity contribution in [2.24, 2.45) is 0 Å². The number of pyridine rings is 1. The van der Waals surface area contributed by atoms with Crippen molar-refractivity contribution in [1.82, 2.24) is 14.6 Å². The Hall–Kier alpha value is -1.49. The summed E-state index contributed by atoms with van der Waals surface area (Å²) in [6.45, 7) is 3.74. The Morgan fingerprint density at radius 1 is 1.56 bits per heavy atom. The van der Waals surface area contributed by atoms with Crippen molar-refractivity contribution in [2.45, 2.75) is 11.8 Å². The van der Waals surface area contributed by atoms with Gasteiger partial charge in [-0.05, 0) is 25.7 Å². The maximum absolute atomic E-state index is 12.0. The van der Waals surface area contributed by atoms with Crippen molar-refractivity contribution in [3.63, 3.8) is 0 Å². The molecular weight excluding hydrogens is 252 g/mol. The Bertz CT molecular complexity index is 536. The molecule has 1 N–H and O–H groups in total. The third-order valence-electron chi connectivity index (χ3n) is 2.49. The standard InChI is InChI=1S/C11H16N4O2S/c1-3-15(2)8-7-14-18(16,17)11-5-4-6-13-10(11)9-12/h4-6,14H,3,7-8H2,1-2H3. The minimum atomic E-state index is -3.67. The Labute approximate surface area is 107 Å². The molecule has 0 atom stereocenters. The first kappa shape index (κ1) is 14.6. The first-order valence-corrected chi connectivity index (χ1v) is 7.03.